The highest BCUT2D eigenvalue weighted by Gasteiger charge is 2.16. The lowest BCUT2D eigenvalue weighted by Gasteiger charge is -2.08. The van der Waals surface area contributed by atoms with Crippen LogP contribution in [0.15, 0.2) is 17.3 Å². The van der Waals surface area contributed by atoms with Crippen LogP contribution in [0.4, 0.5) is 18.9 Å². The molecule has 0 saturated carbocycles. The molecule has 0 spiro atoms. The molecule has 0 saturated heterocycles. The molecule has 1 heterocycles. The van der Waals surface area contributed by atoms with Gasteiger partial charge in [-0.15, -0.1) is 5.10 Å². The summed E-state index contributed by atoms with van der Waals surface area (Å²) in [7, 11) is 0. The number of hydrogen-bond acceptors (Lipinski definition) is 5. The van der Waals surface area contributed by atoms with E-state index in [-0.39, 0.29) is 11.7 Å². The maximum atomic E-state index is 13.5. The first-order valence-electron chi connectivity index (χ1n) is 7.53. The molecular weight excluding hydrogens is 371 g/mol. The van der Waals surface area contributed by atoms with Crippen molar-refractivity contribution < 1.29 is 22.8 Å². The molecule has 2 aromatic rings. The van der Waals surface area contributed by atoms with E-state index in [1.807, 2.05) is 13.8 Å². The minimum atomic E-state index is -1.68. The highest BCUT2D eigenvalue weighted by atomic mass is 32.2. The highest BCUT2D eigenvalue weighted by Crippen LogP contribution is 2.19. The first kappa shape index (κ1) is 19.8. The predicted molar refractivity (Wildman–Crippen MR) is 89.2 cm³/mol. The molecule has 26 heavy (non-hydrogen) atoms. The van der Waals surface area contributed by atoms with Crippen LogP contribution in [0.5, 0.6) is 0 Å². The van der Waals surface area contributed by atoms with E-state index in [0.717, 1.165) is 17.8 Å². The number of H-pyrrole nitrogens is 1. The molecule has 2 rings (SSSR count). The van der Waals surface area contributed by atoms with Gasteiger partial charge in [0.15, 0.2) is 17.5 Å². The van der Waals surface area contributed by atoms with Gasteiger partial charge in [-0.2, -0.15) is 0 Å². The summed E-state index contributed by atoms with van der Waals surface area (Å²) < 4.78 is 39.4. The quantitative estimate of drug-likeness (QED) is 0.500. The van der Waals surface area contributed by atoms with E-state index in [4.69, 9.17) is 0 Å². The van der Waals surface area contributed by atoms with Crippen LogP contribution in [0.25, 0.3) is 0 Å². The van der Waals surface area contributed by atoms with Gasteiger partial charge in [-0.25, -0.2) is 18.2 Å². The Kier molecular flexibility index (Phi) is 6.61. The number of anilines is 1. The monoisotopic (exact) mass is 387 g/mol. The van der Waals surface area contributed by atoms with Crippen molar-refractivity contribution in [3.05, 3.63) is 35.4 Å². The van der Waals surface area contributed by atoms with Crippen molar-refractivity contribution in [3.8, 4) is 0 Å². The fourth-order valence-electron chi connectivity index (χ4n) is 1.76. The van der Waals surface area contributed by atoms with E-state index in [1.54, 1.807) is 0 Å². The number of carbonyl (C=O) groups excluding carboxylic acids is 2. The zero-order valence-corrected chi connectivity index (χ0v) is 14.7. The first-order valence-corrected chi connectivity index (χ1v) is 8.51. The van der Waals surface area contributed by atoms with E-state index in [9.17, 15) is 22.8 Å². The number of nitrogens with zero attached hydrogens (tertiary/aromatic N) is 2. The van der Waals surface area contributed by atoms with Crippen LogP contribution in [0, 0.1) is 17.5 Å². The van der Waals surface area contributed by atoms with Crippen LogP contribution < -0.4 is 10.6 Å². The summed E-state index contributed by atoms with van der Waals surface area (Å²) in [5, 5.41) is 11.5. The Hall–Kier alpha value is -2.56. The average molecular weight is 387 g/mol. The smallest absolute Gasteiger partial charge is 0.243 e. The number of hydrogen-bond donors (Lipinski definition) is 3. The van der Waals surface area contributed by atoms with E-state index in [1.165, 1.54) is 0 Å². The van der Waals surface area contributed by atoms with Gasteiger partial charge in [0.1, 0.15) is 5.82 Å². The second-order valence-corrected chi connectivity index (χ2v) is 6.44. The molecule has 0 atom stereocenters. The summed E-state index contributed by atoms with van der Waals surface area (Å²) in [6, 6.07) is 1.57. The van der Waals surface area contributed by atoms with Gasteiger partial charge in [0, 0.05) is 5.92 Å². The van der Waals surface area contributed by atoms with Gasteiger partial charge in [0.2, 0.25) is 17.0 Å². The van der Waals surface area contributed by atoms with Crippen molar-refractivity contribution in [2.24, 2.45) is 0 Å². The minimum absolute atomic E-state index is 0.0256. The highest BCUT2D eigenvalue weighted by molar-refractivity contribution is 7.99. The largest absolute Gasteiger partial charge is 0.346 e. The molecule has 0 radical (unpaired) electrons. The van der Waals surface area contributed by atoms with Crippen LogP contribution in [0.3, 0.4) is 0 Å². The van der Waals surface area contributed by atoms with Crippen molar-refractivity contribution in [1.82, 2.24) is 20.5 Å². The lowest BCUT2D eigenvalue weighted by molar-refractivity contribution is -0.122. The van der Waals surface area contributed by atoms with Gasteiger partial charge >= 0.3 is 0 Å². The van der Waals surface area contributed by atoms with Crippen molar-refractivity contribution in [1.29, 1.82) is 0 Å². The molecule has 7 nitrogen and oxygen atoms in total. The molecule has 0 unspecified atom stereocenters. The Morgan fingerprint density at radius 1 is 1.19 bits per heavy atom. The van der Waals surface area contributed by atoms with Crippen LogP contribution in [-0.4, -0.2) is 39.3 Å². The fraction of sp³-hybridized carbons (Fsp3) is 0.333. The van der Waals surface area contributed by atoms with Crippen LogP contribution in [-0.2, 0) is 9.59 Å². The Morgan fingerprint density at radius 2 is 1.92 bits per heavy atom. The third-order valence-corrected chi connectivity index (χ3v) is 3.96. The molecule has 0 fully saturated rings. The maximum absolute atomic E-state index is 13.5. The molecule has 0 bridgehead atoms. The topological polar surface area (TPSA) is 99.8 Å². The molecule has 11 heteroatoms. The van der Waals surface area contributed by atoms with Crippen LogP contribution in [0.2, 0.25) is 0 Å². The van der Waals surface area contributed by atoms with Crippen molar-refractivity contribution in [2.75, 3.05) is 17.6 Å². The van der Waals surface area contributed by atoms with Crippen molar-refractivity contribution >= 4 is 29.3 Å². The number of thioether (sulfide) groups is 1. The molecule has 0 aliphatic heterocycles. The first-order chi connectivity index (χ1) is 12.3. The molecule has 0 aliphatic rings. The number of rotatable bonds is 7. The lowest BCUT2D eigenvalue weighted by Crippen LogP contribution is -2.34. The summed E-state index contributed by atoms with van der Waals surface area (Å²) in [4.78, 5) is 27.6. The van der Waals surface area contributed by atoms with Gasteiger partial charge in [-0.3, -0.25) is 14.7 Å². The Labute approximate surface area is 151 Å². The summed E-state index contributed by atoms with van der Waals surface area (Å²) in [6.45, 7) is 3.43. The second kappa shape index (κ2) is 8.70. The van der Waals surface area contributed by atoms with E-state index in [2.05, 4.69) is 25.8 Å². The Bertz CT molecular complexity index is 813. The third kappa shape index (κ3) is 5.22. The summed E-state index contributed by atoms with van der Waals surface area (Å²) >= 11 is 1.08. The minimum Gasteiger partial charge on any atom is -0.346 e. The predicted octanol–water partition coefficient (Wildman–Crippen LogP) is 2.19. The standard InChI is InChI=1S/C15H16F3N5O2S/c1-7(2)14-21-15(23-22-14)26-6-11(25)19-5-10(24)20-9-4-3-8(16)12(17)13(9)18/h3-4,7H,5-6H2,1-2H3,(H,19,25)(H,20,24)(H,21,22,23). The van der Waals surface area contributed by atoms with Crippen molar-refractivity contribution in [3.63, 3.8) is 0 Å². The molecule has 1 aromatic carbocycles. The second-order valence-electron chi connectivity index (χ2n) is 5.49. The number of aromatic amines is 1. The SMILES string of the molecule is CC(C)c1nc(SCC(=O)NCC(=O)Nc2ccc(F)c(F)c2F)n[nH]1. The zero-order chi connectivity index (χ0) is 19.3. The normalized spacial score (nSPS) is 10.8. The summed E-state index contributed by atoms with van der Waals surface area (Å²) in [5.41, 5.74) is -0.514. The van der Waals surface area contributed by atoms with Gasteiger partial charge in [-0.1, -0.05) is 25.6 Å². The molecule has 3 N–H and O–H groups in total. The number of nitrogens with one attached hydrogen (secondary N) is 3. The van der Waals surface area contributed by atoms with Crippen molar-refractivity contribution in [2.45, 2.75) is 24.9 Å². The average Bonchev–Trinajstić information content (AvgIpc) is 3.08. The van der Waals surface area contributed by atoms with Crippen LogP contribution in [0.1, 0.15) is 25.6 Å². The third-order valence-electron chi connectivity index (χ3n) is 3.12. The van der Waals surface area contributed by atoms with E-state index >= 15 is 0 Å². The zero-order valence-electron chi connectivity index (χ0n) is 13.9. The number of carbonyl (C=O) groups is 2. The molecular formula is C15H16F3N5O2S. The number of halogens is 3. The van der Waals surface area contributed by atoms with Crippen LogP contribution >= 0.6 is 11.8 Å². The lowest BCUT2D eigenvalue weighted by atomic mass is 10.2. The van der Waals surface area contributed by atoms with Gasteiger partial charge in [0.25, 0.3) is 0 Å². The molecule has 2 amide bonds. The van der Waals surface area contributed by atoms with E-state index in [0.29, 0.717) is 17.0 Å². The fourth-order valence-corrected chi connectivity index (χ4v) is 2.39. The maximum Gasteiger partial charge on any atom is 0.243 e. The Balaban J connectivity index is 1.78. The number of aromatic nitrogens is 3. The van der Waals surface area contributed by atoms with Gasteiger partial charge < -0.3 is 10.6 Å². The van der Waals surface area contributed by atoms with E-state index < -0.39 is 41.5 Å². The molecule has 1 aromatic heterocycles. The Morgan fingerprint density at radius 3 is 2.58 bits per heavy atom. The summed E-state index contributed by atoms with van der Waals surface area (Å²) in [6.07, 6.45) is 0. The number of benzene rings is 1. The van der Waals surface area contributed by atoms with Gasteiger partial charge in [0.05, 0.1) is 18.0 Å². The summed E-state index contributed by atoms with van der Waals surface area (Å²) in [5.74, 6) is -4.96. The van der Waals surface area contributed by atoms with Gasteiger partial charge in [-0.05, 0) is 12.1 Å². The number of amides is 2. The molecule has 140 valence electrons. The molecule has 0 aliphatic carbocycles.